The number of morpholine rings is 1. The first-order valence-corrected chi connectivity index (χ1v) is 13.8. The van der Waals surface area contributed by atoms with E-state index in [2.05, 4.69) is 10.2 Å². The lowest BCUT2D eigenvalue weighted by molar-refractivity contribution is -0.133. The van der Waals surface area contributed by atoms with Crippen molar-refractivity contribution in [3.8, 4) is 0 Å². The highest BCUT2D eigenvalue weighted by atomic mass is 35.5. The van der Waals surface area contributed by atoms with Crippen LogP contribution in [0.25, 0.3) is 0 Å². The topological polar surface area (TPSA) is 78.3 Å². The fourth-order valence-electron chi connectivity index (χ4n) is 4.42. The number of anilines is 1. The molecule has 0 atom stereocenters. The minimum Gasteiger partial charge on any atom is -0.464 e. The summed E-state index contributed by atoms with van der Waals surface area (Å²) < 4.78 is 11.2. The quantitative estimate of drug-likeness (QED) is 0.320. The molecule has 10 heteroatoms. The Morgan fingerprint density at radius 1 is 0.923 bits per heavy atom. The smallest absolute Gasteiger partial charge is 0.322 e. The lowest BCUT2D eigenvalue weighted by Crippen LogP contribution is -2.45. The van der Waals surface area contributed by atoms with Gasteiger partial charge in [0.1, 0.15) is 18.1 Å². The minimum absolute atomic E-state index is 0.108. The van der Waals surface area contributed by atoms with Gasteiger partial charge >= 0.3 is 6.03 Å². The molecule has 0 unspecified atom stereocenters. The van der Waals surface area contributed by atoms with E-state index in [0.717, 1.165) is 31.0 Å². The summed E-state index contributed by atoms with van der Waals surface area (Å²) in [7, 11) is 0. The second-order valence-electron chi connectivity index (χ2n) is 9.50. The second-order valence-corrected chi connectivity index (χ2v) is 10.3. The molecule has 0 spiro atoms. The second kappa shape index (κ2) is 14.4. The Balaban J connectivity index is 1.49. The number of ether oxygens (including phenoxy) is 1. The average molecular weight is 574 g/mol. The molecule has 2 heterocycles. The molecule has 1 aliphatic rings. The van der Waals surface area contributed by atoms with Crippen LogP contribution in [-0.4, -0.2) is 72.6 Å². The van der Waals surface area contributed by atoms with Gasteiger partial charge in [0.25, 0.3) is 0 Å². The lowest BCUT2D eigenvalue weighted by atomic mass is 10.2. The minimum atomic E-state index is -0.436. The van der Waals surface area contributed by atoms with Crippen molar-refractivity contribution in [2.75, 3.05) is 51.3 Å². The van der Waals surface area contributed by atoms with Crippen LogP contribution in [0.4, 0.5) is 10.5 Å². The zero-order valence-corrected chi connectivity index (χ0v) is 23.6. The van der Waals surface area contributed by atoms with Gasteiger partial charge in [0.2, 0.25) is 5.91 Å². The van der Waals surface area contributed by atoms with Crippen molar-refractivity contribution in [2.45, 2.75) is 26.4 Å². The Kier molecular flexibility index (Phi) is 10.7. The number of furan rings is 1. The molecule has 0 aliphatic carbocycles. The van der Waals surface area contributed by atoms with E-state index in [-0.39, 0.29) is 12.5 Å². The van der Waals surface area contributed by atoms with Gasteiger partial charge in [-0.05, 0) is 43.2 Å². The summed E-state index contributed by atoms with van der Waals surface area (Å²) in [4.78, 5) is 32.7. The van der Waals surface area contributed by atoms with Crippen LogP contribution < -0.4 is 5.32 Å². The van der Waals surface area contributed by atoms with Gasteiger partial charge in [-0.25, -0.2) is 4.79 Å². The molecule has 39 heavy (non-hydrogen) atoms. The summed E-state index contributed by atoms with van der Waals surface area (Å²) in [6.45, 7) is 6.74. The van der Waals surface area contributed by atoms with Crippen LogP contribution in [0, 0.1) is 6.92 Å². The number of rotatable bonds is 11. The third-order valence-corrected chi connectivity index (χ3v) is 7.16. The van der Waals surface area contributed by atoms with Crippen LogP contribution in [0.2, 0.25) is 10.0 Å². The molecule has 3 amide bonds. The van der Waals surface area contributed by atoms with E-state index in [9.17, 15) is 9.59 Å². The van der Waals surface area contributed by atoms with Gasteiger partial charge in [-0.3, -0.25) is 9.69 Å². The van der Waals surface area contributed by atoms with E-state index < -0.39 is 6.03 Å². The zero-order valence-electron chi connectivity index (χ0n) is 22.1. The molecule has 8 nitrogen and oxygen atoms in total. The first kappa shape index (κ1) is 29.0. The Morgan fingerprint density at radius 2 is 1.64 bits per heavy atom. The van der Waals surface area contributed by atoms with Crippen molar-refractivity contribution in [2.24, 2.45) is 0 Å². The molecule has 208 valence electrons. The predicted molar refractivity (Wildman–Crippen MR) is 153 cm³/mol. The van der Waals surface area contributed by atoms with Crippen LogP contribution in [0.15, 0.2) is 65.1 Å². The number of carbonyl (C=O) groups excluding carboxylic acids is 2. The Hall–Kier alpha value is -3.04. The molecule has 1 aromatic heterocycles. The van der Waals surface area contributed by atoms with E-state index in [1.807, 2.05) is 49.4 Å². The summed E-state index contributed by atoms with van der Waals surface area (Å²) in [5.41, 5.74) is 1.31. The molecule has 1 aliphatic heterocycles. The van der Waals surface area contributed by atoms with Crippen molar-refractivity contribution in [3.63, 3.8) is 0 Å². The number of nitrogens with one attached hydrogen (secondary N) is 1. The Morgan fingerprint density at radius 3 is 2.31 bits per heavy atom. The van der Waals surface area contributed by atoms with Gasteiger partial charge < -0.3 is 24.3 Å². The maximum absolute atomic E-state index is 13.7. The highest BCUT2D eigenvalue weighted by molar-refractivity contribution is 6.39. The van der Waals surface area contributed by atoms with E-state index in [1.165, 1.54) is 4.90 Å². The number of hydrogen-bond acceptors (Lipinski definition) is 5. The van der Waals surface area contributed by atoms with Crippen molar-refractivity contribution >= 4 is 40.8 Å². The van der Waals surface area contributed by atoms with Crippen molar-refractivity contribution in [3.05, 3.63) is 87.8 Å². The Bertz CT molecular complexity index is 1210. The maximum Gasteiger partial charge on any atom is 0.322 e. The van der Waals surface area contributed by atoms with Crippen LogP contribution in [-0.2, 0) is 22.6 Å². The third kappa shape index (κ3) is 8.73. The molecule has 2 aromatic carbocycles. The number of hydrogen-bond donors (Lipinski definition) is 1. The molecule has 4 rings (SSSR count). The summed E-state index contributed by atoms with van der Waals surface area (Å²) in [6.07, 6.45) is 0.701. The normalized spacial score (nSPS) is 13.7. The standard InChI is InChI=1S/C29H34Cl2N4O4/c1-22-11-12-24(39-22)20-35(19-23-7-3-2-4-8-23)27(36)21-34(14-6-13-33-15-17-38-18-16-33)29(37)32-28-25(30)9-5-10-26(28)31/h2-5,7-12H,6,13-21H2,1H3,(H,32,37). The number of aryl methyl sites for hydroxylation is 1. The summed E-state index contributed by atoms with van der Waals surface area (Å²) in [5.74, 6) is 1.26. The molecular weight excluding hydrogens is 539 g/mol. The Labute approximate surface area is 239 Å². The van der Waals surface area contributed by atoms with Gasteiger partial charge in [0, 0.05) is 32.7 Å². The van der Waals surface area contributed by atoms with E-state index >= 15 is 0 Å². The fourth-order valence-corrected chi connectivity index (χ4v) is 4.92. The highest BCUT2D eigenvalue weighted by Crippen LogP contribution is 2.30. The van der Waals surface area contributed by atoms with Crippen molar-refractivity contribution in [1.82, 2.24) is 14.7 Å². The summed E-state index contributed by atoms with van der Waals surface area (Å²) in [6, 6.07) is 18.1. The van der Waals surface area contributed by atoms with Gasteiger partial charge in [-0.1, -0.05) is 59.6 Å². The predicted octanol–water partition coefficient (Wildman–Crippen LogP) is 5.68. The number of urea groups is 1. The van der Waals surface area contributed by atoms with Gasteiger partial charge in [-0.15, -0.1) is 0 Å². The van der Waals surface area contributed by atoms with Gasteiger partial charge in [-0.2, -0.15) is 0 Å². The third-order valence-electron chi connectivity index (χ3n) is 6.53. The molecule has 1 saturated heterocycles. The molecule has 0 bridgehead atoms. The molecule has 0 radical (unpaired) electrons. The number of nitrogens with zero attached hydrogens (tertiary/aromatic N) is 3. The van der Waals surface area contributed by atoms with Crippen molar-refractivity contribution < 1.29 is 18.7 Å². The molecule has 1 N–H and O–H groups in total. The van der Waals surface area contributed by atoms with Crippen LogP contribution in [0.5, 0.6) is 0 Å². The SMILES string of the molecule is Cc1ccc(CN(Cc2ccccc2)C(=O)CN(CCCN2CCOCC2)C(=O)Nc2c(Cl)cccc2Cl)o1. The van der Waals surface area contributed by atoms with Crippen LogP contribution in [0.3, 0.4) is 0 Å². The molecule has 0 saturated carbocycles. The van der Waals surface area contributed by atoms with Gasteiger partial charge in [0.15, 0.2) is 0 Å². The first-order chi connectivity index (χ1) is 18.9. The number of carbonyl (C=O) groups is 2. The monoisotopic (exact) mass is 572 g/mol. The van der Waals surface area contributed by atoms with E-state index in [4.69, 9.17) is 32.4 Å². The fraction of sp³-hybridized carbons (Fsp3) is 0.379. The number of benzene rings is 2. The van der Waals surface area contributed by atoms with E-state index in [0.29, 0.717) is 60.8 Å². The van der Waals surface area contributed by atoms with E-state index in [1.54, 1.807) is 23.1 Å². The summed E-state index contributed by atoms with van der Waals surface area (Å²) >= 11 is 12.6. The first-order valence-electron chi connectivity index (χ1n) is 13.1. The van der Waals surface area contributed by atoms with Crippen molar-refractivity contribution in [1.29, 1.82) is 0 Å². The number of amides is 3. The molecule has 1 fully saturated rings. The zero-order chi connectivity index (χ0) is 27.6. The summed E-state index contributed by atoms with van der Waals surface area (Å²) in [5, 5.41) is 3.47. The van der Waals surface area contributed by atoms with Crippen LogP contribution >= 0.6 is 23.2 Å². The lowest BCUT2D eigenvalue weighted by Gasteiger charge is -2.30. The number of halogens is 2. The average Bonchev–Trinajstić information content (AvgIpc) is 3.35. The number of para-hydroxylation sites is 1. The van der Waals surface area contributed by atoms with Gasteiger partial charge in [0.05, 0.1) is 35.5 Å². The molecular formula is C29H34Cl2N4O4. The maximum atomic E-state index is 13.7. The molecule has 3 aromatic rings. The van der Waals surface area contributed by atoms with Crippen LogP contribution in [0.1, 0.15) is 23.5 Å². The largest absolute Gasteiger partial charge is 0.464 e. The highest BCUT2D eigenvalue weighted by Gasteiger charge is 2.24.